The number of halogens is 2. The molecule has 0 fully saturated rings. The summed E-state index contributed by atoms with van der Waals surface area (Å²) in [6.07, 6.45) is 1.76. The minimum atomic E-state index is -0.957. The Labute approximate surface area is 183 Å². The average Bonchev–Trinajstić information content (AvgIpc) is 3.03. The molecule has 2 heterocycles. The highest BCUT2D eigenvalue weighted by atomic mass is 79.9. The lowest BCUT2D eigenvalue weighted by Gasteiger charge is -2.24. The van der Waals surface area contributed by atoms with Gasteiger partial charge in [0.15, 0.2) is 4.80 Å². The Kier molecular flexibility index (Phi) is 5.53. The van der Waals surface area contributed by atoms with Crippen LogP contribution in [0.2, 0.25) is 0 Å². The first-order chi connectivity index (χ1) is 14.4. The van der Waals surface area contributed by atoms with Gasteiger partial charge in [-0.15, -0.1) is 0 Å². The Morgan fingerprint density at radius 1 is 1.23 bits per heavy atom. The molecule has 5 nitrogen and oxygen atoms in total. The predicted octanol–water partition coefficient (Wildman–Crippen LogP) is 3.31. The van der Waals surface area contributed by atoms with E-state index in [9.17, 15) is 14.0 Å². The molecule has 1 aromatic heterocycles. The first-order valence-electron chi connectivity index (χ1n) is 9.01. The number of carbonyl (C=O) groups excluding carboxylic acids is 1. The molecule has 0 bridgehead atoms. The van der Waals surface area contributed by atoms with Gasteiger partial charge in [-0.2, -0.15) is 0 Å². The number of aromatic nitrogens is 1. The number of carbonyl (C=O) groups is 1. The maximum Gasteiger partial charge on any atom is 0.338 e. The van der Waals surface area contributed by atoms with Crippen LogP contribution in [0.25, 0.3) is 6.08 Å². The summed E-state index contributed by atoms with van der Waals surface area (Å²) in [5.41, 5.74) is 1.25. The van der Waals surface area contributed by atoms with Gasteiger partial charge in [0.2, 0.25) is 0 Å². The number of nitrogens with zero attached hydrogens (tertiary/aromatic N) is 2. The Morgan fingerprint density at radius 3 is 2.60 bits per heavy atom. The van der Waals surface area contributed by atoms with E-state index in [1.807, 2.05) is 24.3 Å². The molecule has 152 valence electrons. The van der Waals surface area contributed by atoms with Crippen LogP contribution in [0, 0.1) is 5.82 Å². The van der Waals surface area contributed by atoms with Crippen LogP contribution in [0.3, 0.4) is 0 Å². The van der Waals surface area contributed by atoms with Gasteiger partial charge in [-0.05, 0) is 36.8 Å². The summed E-state index contributed by atoms with van der Waals surface area (Å²) in [6.45, 7) is 1.66. The number of hydrogen-bond donors (Lipinski definition) is 0. The number of esters is 1. The Bertz CT molecular complexity index is 1360. The van der Waals surface area contributed by atoms with Gasteiger partial charge in [-0.1, -0.05) is 57.6 Å². The van der Waals surface area contributed by atoms with Gasteiger partial charge in [0.1, 0.15) is 11.9 Å². The lowest BCUT2D eigenvalue weighted by Crippen LogP contribution is -2.40. The SMILES string of the molecule is COC(=O)C1=C(C)N=c2sc(=Cc3ccc(Br)cc3)c(=O)n2C1c1ccccc1F. The molecule has 1 aliphatic heterocycles. The number of ether oxygens (including phenoxy) is 1. The van der Waals surface area contributed by atoms with Crippen molar-refractivity contribution in [1.82, 2.24) is 4.57 Å². The van der Waals surface area contributed by atoms with E-state index in [-0.39, 0.29) is 16.7 Å². The van der Waals surface area contributed by atoms with Gasteiger partial charge < -0.3 is 4.74 Å². The molecule has 1 atom stereocenters. The lowest BCUT2D eigenvalue weighted by atomic mass is 9.95. The third kappa shape index (κ3) is 3.57. The van der Waals surface area contributed by atoms with Crippen molar-refractivity contribution in [3.05, 3.63) is 101 Å². The summed E-state index contributed by atoms with van der Waals surface area (Å²) >= 11 is 4.59. The van der Waals surface area contributed by atoms with Crippen LogP contribution < -0.4 is 14.9 Å². The molecular weight excluding hydrogens is 471 g/mol. The van der Waals surface area contributed by atoms with Crippen molar-refractivity contribution in [2.45, 2.75) is 13.0 Å². The smallest absolute Gasteiger partial charge is 0.338 e. The van der Waals surface area contributed by atoms with Crippen LogP contribution in [0.5, 0.6) is 0 Å². The monoisotopic (exact) mass is 486 g/mol. The standard InChI is InChI=1S/C22H16BrFN2O3S/c1-12-18(21(28)29-2)19(15-5-3-4-6-16(15)24)26-20(27)17(30-22(26)25-12)11-13-7-9-14(23)10-8-13/h3-11,19H,1-2H3. The average molecular weight is 487 g/mol. The predicted molar refractivity (Wildman–Crippen MR) is 116 cm³/mol. The molecule has 4 rings (SSSR count). The van der Waals surface area contributed by atoms with E-state index in [4.69, 9.17) is 4.74 Å². The molecule has 0 aliphatic carbocycles. The van der Waals surface area contributed by atoms with Crippen molar-refractivity contribution >= 4 is 39.3 Å². The molecule has 0 amide bonds. The fourth-order valence-electron chi connectivity index (χ4n) is 3.39. The molecule has 3 aromatic rings. The maximum atomic E-state index is 14.7. The fourth-order valence-corrected chi connectivity index (χ4v) is 4.71. The van der Waals surface area contributed by atoms with Crippen LogP contribution in [0.4, 0.5) is 4.39 Å². The van der Waals surface area contributed by atoms with Crippen LogP contribution in [0.15, 0.2) is 74.1 Å². The minimum absolute atomic E-state index is 0.144. The molecular formula is C22H16BrFN2O3S. The molecule has 30 heavy (non-hydrogen) atoms. The first-order valence-corrected chi connectivity index (χ1v) is 10.6. The first kappa shape index (κ1) is 20.4. The number of thiazole rings is 1. The summed E-state index contributed by atoms with van der Waals surface area (Å²) in [5.74, 6) is -1.16. The summed E-state index contributed by atoms with van der Waals surface area (Å²) in [7, 11) is 1.25. The van der Waals surface area contributed by atoms with Gasteiger partial charge >= 0.3 is 5.97 Å². The van der Waals surface area contributed by atoms with E-state index in [0.717, 1.165) is 10.0 Å². The molecule has 0 spiro atoms. The second-order valence-electron chi connectivity index (χ2n) is 6.65. The van der Waals surface area contributed by atoms with E-state index in [1.54, 1.807) is 31.2 Å². The van der Waals surface area contributed by atoms with Crippen LogP contribution in [-0.4, -0.2) is 17.6 Å². The number of allylic oxidation sites excluding steroid dienone is 1. The Balaban J connectivity index is 2.00. The summed E-state index contributed by atoms with van der Waals surface area (Å²) < 4.78 is 22.4. The zero-order valence-corrected chi connectivity index (χ0v) is 18.5. The number of fused-ring (bicyclic) bond motifs is 1. The maximum absolute atomic E-state index is 14.7. The number of benzene rings is 2. The highest BCUT2D eigenvalue weighted by Gasteiger charge is 2.34. The quantitative estimate of drug-likeness (QED) is 0.533. The van der Waals surface area contributed by atoms with E-state index in [1.165, 1.54) is 29.1 Å². The summed E-state index contributed by atoms with van der Waals surface area (Å²) in [4.78, 5) is 30.7. The molecule has 0 saturated carbocycles. The van der Waals surface area contributed by atoms with Crippen molar-refractivity contribution in [1.29, 1.82) is 0 Å². The zero-order chi connectivity index (χ0) is 21.4. The minimum Gasteiger partial charge on any atom is -0.466 e. The van der Waals surface area contributed by atoms with Gasteiger partial charge in [-0.3, -0.25) is 9.36 Å². The van der Waals surface area contributed by atoms with Gasteiger partial charge in [0.05, 0.1) is 22.9 Å². The lowest BCUT2D eigenvalue weighted by molar-refractivity contribution is -0.136. The van der Waals surface area contributed by atoms with E-state index in [2.05, 4.69) is 20.9 Å². The van der Waals surface area contributed by atoms with Crippen molar-refractivity contribution in [3.63, 3.8) is 0 Å². The molecule has 2 aromatic carbocycles. The highest BCUT2D eigenvalue weighted by Crippen LogP contribution is 2.31. The number of rotatable bonds is 3. The highest BCUT2D eigenvalue weighted by molar-refractivity contribution is 9.10. The summed E-state index contributed by atoms with van der Waals surface area (Å²) in [5, 5.41) is 0. The zero-order valence-electron chi connectivity index (χ0n) is 16.1. The molecule has 0 N–H and O–H groups in total. The second-order valence-corrected chi connectivity index (χ2v) is 8.57. The normalized spacial score (nSPS) is 16.3. The fraction of sp³-hybridized carbons (Fsp3) is 0.136. The van der Waals surface area contributed by atoms with Gasteiger partial charge in [-0.25, -0.2) is 14.2 Å². The Morgan fingerprint density at radius 2 is 1.93 bits per heavy atom. The Hall–Kier alpha value is -2.84. The molecule has 8 heteroatoms. The second kappa shape index (κ2) is 8.12. The van der Waals surface area contributed by atoms with Gasteiger partial charge in [0, 0.05) is 10.0 Å². The topological polar surface area (TPSA) is 60.7 Å². The molecule has 0 saturated heterocycles. The number of hydrogen-bond acceptors (Lipinski definition) is 5. The number of methoxy groups -OCH3 is 1. The van der Waals surface area contributed by atoms with Crippen LogP contribution >= 0.6 is 27.3 Å². The summed E-state index contributed by atoms with van der Waals surface area (Å²) in [6, 6.07) is 12.6. The van der Waals surface area contributed by atoms with E-state index in [0.29, 0.717) is 15.0 Å². The van der Waals surface area contributed by atoms with Crippen molar-refractivity contribution in [3.8, 4) is 0 Å². The van der Waals surface area contributed by atoms with Crippen molar-refractivity contribution in [2.75, 3.05) is 7.11 Å². The van der Waals surface area contributed by atoms with Crippen molar-refractivity contribution in [2.24, 2.45) is 4.99 Å². The van der Waals surface area contributed by atoms with Crippen molar-refractivity contribution < 1.29 is 13.9 Å². The van der Waals surface area contributed by atoms with Gasteiger partial charge in [0.25, 0.3) is 5.56 Å². The molecule has 0 radical (unpaired) electrons. The van der Waals surface area contributed by atoms with E-state index < -0.39 is 17.8 Å². The molecule has 1 unspecified atom stereocenters. The van der Waals surface area contributed by atoms with E-state index >= 15 is 0 Å². The van der Waals surface area contributed by atoms with Crippen LogP contribution in [0.1, 0.15) is 24.1 Å². The van der Waals surface area contributed by atoms with Crippen LogP contribution in [-0.2, 0) is 9.53 Å². The third-order valence-corrected chi connectivity index (χ3v) is 6.31. The molecule has 1 aliphatic rings. The largest absolute Gasteiger partial charge is 0.466 e. The third-order valence-electron chi connectivity index (χ3n) is 4.79.